The number of nitrogens with two attached hydrogens (primary N) is 1. The number of allylic oxidation sites excluding steroid dienone is 1. The lowest BCUT2D eigenvalue weighted by molar-refractivity contribution is -0.402. The summed E-state index contributed by atoms with van der Waals surface area (Å²) in [7, 11) is 0. The van der Waals surface area contributed by atoms with Gasteiger partial charge in [-0.1, -0.05) is 88.4 Å². The number of hydrogen-bond donors (Lipinski definition) is 2. The number of nitrogens with one attached hydrogen (secondary N) is 1. The standard InChI is InChI=1S/C12H15N3O2.C10H14N2.C3H5NO2.2C2H6.2B/c16-15(17)7-6-13-12-9-14(10-12)8-11-4-2-1-3-5-11;11-10-7-12(8-10)6-9-4-2-1-3-5-9;1-2-3-4(5)6;2*1-2;;/h1-7,12-13H,8-10H2;1-5,10H,6-8,11H2;2-3H,1H3;2*1-2H3;;/b7-6-;;3-2-;;;;. The van der Waals surface area contributed by atoms with E-state index >= 15 is 0 Å². The van der Waals surface area contributed by atoms with Crippen LogP contribution in [0.15, 0.2) is 85.3 Å². The second-order valence-electron chi connectivity index (χ2n) is 8.35. The van der Waals surface area contributed by atoms with Crippen LogP contribution >= 0.6 is 0 Å². The van der Waals surface area contributed by atoms with E-state index in [-0.39, 0.29) is 16.8 Å². The van der Waals surface area contributed by atoms with Crippen LogP contribution in [0.3, 0.4) is 0 Å². The Morgan fingerprint density at radius 1 is 0.780 bits per heavy atom. The quantitative estimate of drug-likeness (QED) is 0.278. The van der Waals surface area contributed by atoms with Gasteiger partial charge in [0.25, 0.3) is 0 Å². The maximum atomic E-state index is 10.1. The molecule has 3 N–H and O–H groups in total. The van der Waals surface area contributed by atoms with Gasteiger partial charge >= 0.3 is 0 Å². The number of benzene rings is 2. The van der Waals surface area contributed by atoms with Crippen molar-refractivity contribution in [2.75, 3.05) is 26.2 Å². The van der Waals surface area contributed by atoms with Crippen LogP contribution in [0.1, 0.15) is 45.7 Å². The van der Waals surface area contributed by atoms with Crippen LogP contribution < -0.4 is 11.1 Å². The van der Waals surface area contributed by atoms with Gasteiger partial charge in [0, 0.05) is 62.1 Å². The first-order valence-electron chi connectivity index (χ1n) is 13.5. The van der Waals surface area contributed by atoms with Gasteiger partial charge in [-0.15, -0.1) is 0 Å². The van der Waals surface area contributed by atoms with Crippen LogP contribution in [-0.4, -0.2) is 74.7 Å². The molecule has 2 aliphatic heterocycles. The highest BCUT2D eigenvalue weighted by atomic mass is 16.6. The molecule has 2 aliphatic rings. The second kappa shape index (κ2) is 26.7. The topological polar surface area (TPSA) is 131 Å². The fourth-order valence-corrected chi connectivity index (χ4v) is 3.59. The van der Waals surface area contributed by atoms with Crippen LogP contribution in [0.4, 0.5) is 0 Å². The van der Waals surface area contributed by atoms with Crippen LogP contribution in [-0.2, 0) is 13.1 Å². The van der Waals surface area contributed by atoms with Crippen LogP contribution in [0, 0.1) is 20.2 Å². The third-order valence-electron chi connectivity index (χ3n) is 5.24. The van der Waals surface area contributed by atoms with E-state index in [1.54, 1.807) is 6.92 Å². The molecular formula is C29H46B2N6O4. The van der Waals surface area contributed by atoms with Crippen molar-refractivity contribution in [2.45, 2.75) is 59.8 Å². The average Bonchev–Trinajstić information content (AvgIpc) is 2.90. The molecule has 0 spiro atoms. The van der Waals surface area contributed by atoms with Gasteiger partial charge in [-0.05, 0) is 24.1 Å². The average molecular weight is 564 g/mol. The Labute approximate surface area is 250 Å². The summed E-state index contributed by atoms with van der Waals surface area (Å²) in [5.74, 6) is 0. The van der Waals surface area contributed by atoms with Crippen LogP contribution in [0.5, 0.6) is 0 Å². The summed E-state index contributed by atoms with van der Waals surface area (Å²) >= 11 is 0. The number of nitro groups is 2. The molecule has 0 aromatic heterocycles. The monoisotopic (exact) mass is 564 g/mol. The number of nitrogens with zero attached hydrogens (tertiary/aromatic N) is 4. The molecule has 0 saturated carbocycles. The number of hydrogen-bond acceptors (Lipinski definition) is 8. The molecule has 2 saturated heterocycles. The largest absolute Gasteiger partial charge is 0.381 e. The van der Waals surface area contributed by atoms with Gasteiger partial charge in [0.15, 0.2) is 0 Å². The van der Waals surface area contributed by atoms with E-state index in [1.165, 1.54) is 23.4 Å². The van der Waals surface area contributed by atoms with Crippen molar-refractivity contribution < 1.29 is 9.85 Å². The number of likely N-dealkylation sites (tertiary alicyclic amines) is 2. The lowest BCUT2D eigenvalue weighted by Gasteiger charge is -2.39. The van der Waals surface area contributed by atoms with Crippen molar-refractivity contribution in [3.63, 3.8) is 0 Å². The van der Waals surface area contributed by atoms with E-state index in [4.69, 9.17) is 5.73 Å². The molecule has 0 aliphatic carbocycles. The molecule has 0 bridgehead atoms. The van der Waals surface area contributed by atoms with Gasteiger partial charge < -0.3 is 11.1 Å². The van der Waals surface area contributed by atoms with E-state index in [9.17, 15) is 20.2 Å². The van der Waals surface area contributed by atoms with Gasteiger partial charge in [-0.3, -0.25) is 30.0 Å². The number of rotatable bonds is 8. The molecule has 0 amide bonds. The van der Waals surface area contributed by atoms with Crippen molar-refractivity contribution in [1.29, 1.82) is 0 Å². The summed E-state index contributed by atoms with van der Waals surface area (Å²) in [5.41, 5.74) is 8.36. The van der Waals surface area contributed by atoms with Crippen molar-refractivity contribution in [3.05, 3.63) is 117 Å². The normalized spacial score (nSPS) is 14.3. The predicted molar refractivity (Wildman–Crippen MR) is 170 cm³/mol. The fraction of sp³-hybridized carbons (Fsp3) is 0.448. The minimum atomic E-state index is -0.500. The van der Waals surface area contributed by atoms with Crippen LogP contribution in [0.25, 0.3) is 0 Å². The van der Waals surface area contributed by atoms with E-state index in [2.05, 4.69) is 51.5 Å². The van der Waals surface area contributed by atoms with Gasteiger partial charge in [-0.25, -0.2) is 0 Å². The summed E-state index contributed by atoms with van der Waals surface area (Å²) in [4.78, 5) is 23.1. The zero-order valence-electron chi connectivity index (χ0n) is 25.1. The van der Waals surface area contributed by atoms with Crippen molar-refractivity contribution >= 4 is 16.8 Å². The zero-order valence-corrected chi connectivity index (χ0v) is 25.1. The van der Waals surface area contributed by atoms with Crippen LogP contribution in [0.2, 0.25) is 0 Å². The van der Waals surface area contributed by atoms with E-state index in [0.717, 1.165) is 51.7 Å². The minimum Gasteiger partial charge on any atom is -0.381 e. The summed E-state index contributed by atoms with van der Waals surface area (Å²) < 4.78 is 0. The molecule has 2 heterocycles. The maximum absolute atomic E-state index is 10.1. The van der Waals surface area contributed by atoms with Gasteiger partial charge in [0.05, 0.1) is 22.1 Å². The summed E-state index contributed by atoms with van der Waals surface area (Å²) in [5, 5.41) is 22.4. The highest BCUT2D eigenvalue weighted by Crippen LogP contribution is 2.13. The van der Waals surface area contributed by atoms with Gasteiger partial charge in [0.2, 0.25) is 12.4 Å². The Hall–Kier alpha value is -3.47. The smallest absolute Gasteiger partial charge is 0.249 e. The summed E-state index contributed by atoms with van der Waals surface area (Å²) in [6.45, 7) is 15.5. The molecule has 0 unspecified atom stereocenters. The highest BCUT2D eigenvalue weighted by molar-refractivity contribution is 5.76. The summed E-state index contributed by atoms with van der Waals surface area (Å²) in [6, 6.07) is 21.5. The van der Waals surface area contributed by atoms with Crippen molar-refractivity contribution in [1.82, 2.24) is 15.1 Å². The first kappa shape index (κ1) is 42.0. The maximum Gasteiger partial charge on any atom is 0.249 e. The predicted octanol–water partition coefficient (Wildman–Crippen LogP) is 4.13. The molecule has 222 valence electrons. The summed E-state index contributed by atoms with van der Waals surface area (Å²) in [6.07, 6.45) is 4.60. The Morgan fingerprint density at radius 2 is 1.17 bits per heavy atom. The lowest BCUT2D eigenvalue weighted by atomic mass is 10.1. The Kier molecular flexibility index (Phi) is 27.4. The molecule has 6 radical (unpaired) electrons. The molecule has 2 aromatic rings. The zero-order chi connectivity index (χ0) is 29.5. The SMILES string of the molecule is C/C=C\[N+](=O)[O-].CC.CC.NC1CN(Cc2ccccc2)C1.O=[N+]([O-])/C=C\NC1CN(Cc2ccccc2)C1.[B].[B]. The molecule has 12 heteroatoms. The molecule has 2 aromatic carbocycles. The third kappa shape index (κ3) is 21.0. The molecule has 10 nitrogen and oxygen atoms in total. The first-order chi connectivity index (χ1) is 18.9. The minimum absolute atomic E-state index is 0. The highest BCUT2D eigenvalue weighted by Gasteiger charge is 2.25. The third-order valence-corrected chi connectivity index (χ3v) is 5.24. The Balaban J connectivity index is -0.000000529. The lowest BCUT2D eigenvalue weighted by Crippen LogP contribution is -2.55. The molecular weight excluding hydrogens is 518 g/mol. The fourth-order valence-electron chi connectivity index (χ4n) is 3.59. The molecule has 2 fully saturated rings. The van der Waals surface area contributed by atoms with E-state index in [1.807, 2.05) is 52.0 Å². The van der Waals surface area contributed by atoms with Gasteiger partial charge in [0.1, 0.15) is 0 Å². The van der Waals surface area contributed by atoms with E-state index in [0.29, 0.717) is 12.1 Å². The second-order valence-corrected chi connectivity index (χ2v) is 8.35. The Morgan fingerprint density at radius 3 is 1.49 bits per heavy atom. The molecule has 41 heavy (non-hydrogen) atoms. The first-order valence-corrected chi connectivity index (χ1v) is 13.5. The molecule has 0 atom stereocenters. The van der Waals surface area contributed by atoms with Crippen molar-refractivity contribution in [2.24, 2.45) is 5.73 Å². The van der Waals surface area contributed by atoms with E-state index < -0.39 is 9.85 Å². The van der Waals surface area contributed by atoms with Crippen molar-refractivity contribution in [3.8, 4) is 0 Å². The molecule has 4 rings (SSSR count). The van der Waals surface area contributed by atoms with Gasteiger partial charge in [-0.2, -0.15) is 0 Å². The Bertz CT molecular complexity index is 956.